The summed E-state index contributed by atoms with van der Waals surface area (Å²) in [5.74, 6) is 0.931. The van der Waals surface area contributed by atoms with E-state index in [1.807, 2.05) is 36.7 Å². The fraction of sp³-hybridized carbons (Fsp3) is 0.286. The first-order valence-corrected chi connectivity index (χ1v) is 5.69. The lowest BCUT2D eigenvalue weighted by atomic mass is 10.2. The molecular formula is C14H17NO. The molecule has 0 spiro atoms. The van der Waals surface area contributed by atoms with E-state index in [1.54, 1.807) is 0 Å². The van der Waals surface area contributed by atoms with Crippen molar-refractivity contribution in [1.82, 2.24) is 4.57 Å². The molecule has 1 atom stereocenters. The predicted octanol–water partition coefficient (Wildman–Crippen LogP) is 3.65. The zero-order chi connectivity index (χ0) is 11.4. The molecule has 0 fully saturated rings. The van der Waals surface area contributed by atoms with Gasteiger partial charge in [0.15, 0.2) is 0 Å². The van der Waals surface area contributed by atoms with Crippen molar-refractivity contribution < 1.29 is 4.74 Å². The minimum absolute atomic E-state index is 0.264. The van der Waals surface area contributed by atoms with Crippen LogP contribution in [0.4, 0.5) is 0 Å². The van der Waals surface area contributed by atoms with E-state index >= 15 is 0 Å². The van der Waals surface area contributed by atoms with Gasteiger partial charge in [0.05, 0.1) is 6.10 Å². The Morgan fingerprint density at radius 2 is 1.94 bits per heavy atom. The van der Waals surface area contributed by atoms with Gasteiger partial charge >= 0.3 is 0 Å². The average molecular weight is 215 g/mol. The van der Waals surface area contributed by atoms with Gasteiger partial charge in [-0.1, -0.05) is 13.0 Å². The van der Waals surface area contributed by atoms with Gasteiger partial charge in [0.2, 0.25) is 0 Å². The van der Waals surface area contributed by atoms with Crippen LogP contribution in [0.5, 0.6) is 5.75 Å². The summed E-state index contributed by atoms with van der Waals surface area (Å²) in [6.45, 7) is 4.21. The van der Waals surface area contributed by atoms with Gasteiger partial charge in [-0.2, -0.15) is 0 Å². The Morgan fingerprint density at radius 1 is 1.19 bits per heavy atom. The summed E-state index contributed by atoms with van der Waals surface area (Å²) in [6.07, 6.45) is 5.35. The molecule has 0 aliphatic rings. The second-order valence-corrected chi connectivity index (χ2v) is 3.92. The van der Waals surface area contributed by atoms with Gasteiger partial charge in [-0.25, -0.2) is 0 Å². The van der Waals surface area contributed by atoms with E-state index in [0.29, 0.717) is 0 Å². The fourth-order valence-corrected chi connectivity index (χ4v) is 1.54. The Kier molecular flexibility index (Phi) is 3.30. The number of benzene rings is 1. The van der Waals surface area contributed by atoms with Crippen LogP contribution < -0.4 is 4.74 Å². The van der Waals surface area contributed by atoms with Crippen LogP contribution in [0.3, 0.4) is 0 Å². The summed E-state index contributed by atoms with van der Waals surface area (Å²) in [5.41, 5.74) is 1.13. The molecule has 0 radical (unpaired) electrons. The third-order valence-electron chi connectivity index (χ3n) is 2.63. The van der Waals surface area contributed by atoms with Crippen molar-refractivity contribution >= 4 is 0 Å². The Morgan fingerprint density at radius 3 is 2.62 bits per heavy atom. The third kappa shape index (κ3) is 2.45. The number of aromatic nitrogens is 1. The molecule has 1 aromatic heterocycles. The molecule has 2 nitrogen and oxygen atoms in total. The Hall–Kier alpha value is -1.70. The van der Waals surface area contributed by atoms with E-state index in [9.17, 15) is 0 Å². The molecule has 2 heteroatoms. The van der Waals surface area contributed by atoms with Gasteiger partial charge < -0.3 is 9.30 Å². The van der Waals surface area contributed by atoms with E-state index in [4.69, 9.17) is 4.74 Å². The van der Waals surface area contributed by atoms with Crippen molar-refractivity contribution in [2.75, 3.05) is 0 Å². The second-order valence-electron chi connectivity index (χ2n) is 3.92. The highest BCUT2D eigenvalue weighted by molar-refractivity contribution is 5.39. The number of hydrogen-bond donors (Lipinski definition) is 0. The Labute approximate surface area is 96.5 Å². The SMILES string of the molecule is CCC(C)Oc1cccc(-n2cccc2)c1. The average Bonchev–Trinajstić information content (AvgIpc) is 2.83. The van der Waals surface area contributed by atoms with Crippen LogP contribution in [0.1, 0.15) is 20.3 Å². The summed E-state index contributed by atoms with van der Waals surface area (Å²) in [6, 6.07) is 12.2. The van der Waals surface area contributed by atoms with Crippen LogP contribution in [0, 0.1) is 0 Å². The summed E-state index contributed by atoms with van der Waals surface area (Å²) in [4.78, 5) is 0. The molecule has 0 aliphatic carbocycles. The minimum atomic E-state index is 0.264. The van der Waals surface area contributed by atoms with Crippen molar-refractivity contribution in [3.8, 4) is 11.4 Å². The zero-order valence-electron chi connectivity index (χ0n) is 9.76. The van der Waals surface area contributed by atoms with E-state index in [2.05, 4.69) is 30.5 Å². The van der Waals surface area contributed by atoms with Gasteiger partial charge in [0, 0.05) is 24.1 Å². The molecule has 0 saturated carbocycles. The molecule has 16 heavy (non-hydrogen) atoms. The number of nitrogens with zero attached hydrogens (tertiary/aromatic N) is 1. The number of hydrogen-bond acceptors (Lipinski definition) is 1. The lowest BCUT2D eigenvalue weighted by Crippen LogP contribution is -2.09. The summed E-state index contributed by atoms with van der Waals surface area (Å²) in [5, 5.41) is 0. The van der Waals surface area contributed by atoms with Gasteiger partial charge in [-0.15, -0.1) is 0 Å². The second kappa shape index (κ2) is 4.88. The Bertz CT molecular complexity index is 434. The smallest absolute Gasteiger partial charge is 0.121 e. The molecule has 1 heterocycles. The highest BCUT2D eigenvalue weighted by Crippen LogP contribution is 2.18. The summed E-state index contributed by atoms with van der Waals surface area (Å²) >= 11 is 0. The summed E-state index contributed by atoms with van der Waals surface area (Å²) < 4.78 is 7.86. The molecule has 0 bridgehead atoms. The first-order valence-electron chi connectivity index (χ1n) is 5.69. The number of ether oxygens (including phenoxy) is 1. The van der Waals surface area contributed by atoms with Gasteiger partial charge in [0.1, 0.15) is 5.75 Å². The van der Waals surface area contributed by atoms with Crippen LogP contribution in [0.15, 0.2) is 48.8 Å². The highest BCUT2D eigenvalue weighted by atomic mass is 16.5. The van der Waals surface area contributed by atoms with E-state index in [0.717, 1.165) is 17.9 Å². The molecule has 0 N–H and O–H groups in total. The molecule has 2 rings (SSSR count). The quantitative estimate of drug-likeness (QED) is 0.759. The molecular weight excluding hydrogens is 198 g/mol. The van der Waals surface area contributed by atoms with Crippen molar-refractivity contribution in [3.63, 3.8) is 0 Å². The van der Waals surface area contributed by atoms with E-state index in [-0.39, 0.29) is 6.10 Å². The monoisotopic (exact) mass is 215 g/mol. The van der Waals surface area contributed by atoms with Crippen LogP contribution in [0.2, 0.25) is 0 Å². The summed E-state index contributed by atoms with van der Waals surface area (Å²) in [7, 11) is 0. The third-order valence-corrected chi connectivity index (χ3v) is 2.63. The van der Waals surface area contributed by atoms with E-state index in [1.165, 1.54) is 0 Å². The maximum atomic E-state index is 5.79. The molecule has 0 saturated heterocycles. The Balaban J connectivity index is 2.20. The van der Waals surface area contributed by atoms with Crippen molar-refractivity contribution in [1.29, 1.82) is 0 Å². The molecule has 1 unspecified atom stereocenters. The topological polar surface area (TPSA) is 14.2 Å². The van der Waals surface area contributed by atoms with Crippen LogP contribution in [0.25, 0.3) is 5.69 Å². The lowest BCUT2D eigenvalue weighted by Gasteiger charge is -2.13. The molecule has 1 aromatic carbocycles. The van der Waals surface area contributed by atoms with Gasteiger partial charge in [0.25, 0.3) is 0 Å². The molecule has 84 valence electrons. The van der Waals surface area contributed by atoms with Gasteiger partial charge in [-0.3, -0.25) is 0 Å². The maximum Gasteiger partial charge on any atom is 0.121 e. The zero-order valence-corrected chi connectivity index (χ0v) is 9.76. The van der Waals surface area contributed by atoms with E-state index < -0.39 is 0 Å². The first kappa shape index (κ1) is 10.8. The van der Waals surface area contributed by atoms with Crippen LogP contribution in [-0.4, -0.2) is 10.7 Å². The minimum Gasteiger partial charge on any atom is -0.491 e. The maximum absolute atomic E-state index is 5.79. The van der Waals surface area contributed by atoms with Crippen molar-refractivity contribution in [2.24, 2.45) is 0 Å². The standard InChI is InChI=1S/C14H17NO/c1-3-12(2)16-14-8-6-7-13(11-14)15-9-4-5-10-15/h4-12H,3H2,1-2H3. The molecule has 0 amide bonds. The molecule has 0 aliphatic heterocycles. The van der Waals surface area contributed by atoms with Crippen molar-refractivity contribution in [3.05, 3.63) is 48.8 Å². The van der Waals surface area contributed by atoms with Crippen LogP contribution in [-0.2, 0) is 0 Å². The van der Waals surface area contributed by atoms with Crippen LogP contribution >= 0.6 is 0 Å². The number of rotatable bonds is 4. The normalized spacial score (nSPS) is 12.4. The van der Waals surface area contributed by atoms with Crippen molar-refractivity contribution in [2.45, 2.75) is 26.4 Å². The van der Waals surface area contributed by atoms with Gasteiger partial charge in [-0.05, 0) is 37.6 Å². The fourth-order valence-electron chi connectivity index (χ4n) is 1.54. The largest absolute Gasteiger partial charge is 0.491 e. The first-order chi connectivity index (χ1) is 7.79. The lowest BCUT2D eigenvalue weighted by molar-refractivity contribution is 0.217. The predicted molar refractivity (Wildman–Crippen MR) is 66.2 cm³/mol. The molecule has 2 aromatic rings. The highest BCUT2D eigenvalue weighted by Gasteiger charge is 2.02.